The van der Waals surface area contributed by atoms with Gasteiger partial charge in [0.25, 0.3) is 0 Å². The van der Waals surface area contributed by atoms with Crippen molar-refractivity contribution < 1.29 is 5.11 Å². The predicted molar refractivity (Wildman–Crippen MR) is 48.4 cm³/mol. The molecule has 0 unspecified atom stereocenters. The van der Waals surface area contributed by atoms with Crippen LogP contribution in [0.15, 0.2) is 0 Å². The van der Waals surface area contributed by atoms with E-state index < -0.39 is 0 Å². The highest BCUT2D eigenvalue weighted by Crippen LogP contribution is 2.00. The molecule has 2 N–H and O–H groups in total. The van der Waals surface area contributed by atoms with Gasteiger partial charge >= 0.3 is 0 Å². The average Bonchev–Trinajstić information content (AvgIpc) is 2.03. The van der Waals surface area contributed by atoms with Crippen LogP contribution < -0.4 is 5.32 Å². The quantitative estimate of drug-likeness (QED) is 0.523. The van der Waals surface area contributed by atoms with Crippen LogP contribution in [0.1, 0.15) is 32.1 Å². The van der Waals surface area contributed by atoms with E-state index in [2.05, 4.69) is 12.2 Å². The SMILES string of the molecule is [CH2]CCCCCCNCCO. The van der Waals surface area contributed by atoms with Crippen molar-refractivity contribution in [2.24, 2.45) is 0 Å². The zero-order valence-electron chi connectivity index (χ0n) is 7.31. The van der Waals surface area contributed by atoms with Crippen LogP contribution in [0.5, 0.6) is 0 Å². The zero-order chi connectivity index (χ0) is 8.36. The Morgan fingerprint density at radius 3 is 2.36 bits per heavy atom. The molecule has 1 radical (unpaired) electrons. The van der Waals surface area contributed by atoms with Crippen LogP contribution in [-0.2, 0) is 0 Å². The largest absolute Gasteiger partial charge is 0.395 e. The maximum absolute atomic E-state index is 8.44. The molecule has 2 nitrogen and oxygen atoms in total. The molecule has 0 aliphatic rings. The van der Waals surface area contributed by atoms with Crippen molar-refractivity contribution in [2.45, 2.75) is 32.1 Å². The van der Waals surface area contributed by atoms with Gasteiger partial charge in [0.15, 0.2) is 0 Å². The minimum absolute atomic E-state index is 0.249. The van der Waals surface area contributed by atoms with Gasteiger partial charge in [-0.2, -0.15) is 0 Å². The first-order valence-electron chi connectivity index (χ1n) is 4.52. The number of aliphatic hydroxyl groups is 1. The Morgan fingerprint density at radius 2 is 1.73 bits per heavy atom. The molecule has 0 rings (SSSR count). The standard InChI is InChI=1S/C9H20NO/c1-2-3-4-5-6-7-10-8-9-11/h10-11H,1-9H2. The van der Waals surface area contributed by atoms with Gasteiger partial charge in [-0.15, -0.1) is 0 Å². The molecule has 67 valence electrons. The number of hydrogen-bond donors (Lipinski definition) is 2. The third-order valence-electron chi connectivity index (χ3n) is 1.64. The molecule has 0 aliphatic heterocycles. The maximum Gasteiger partial charge on any atom is 0.0555 e. The Morgan fingerprint density at radius 1 is 1.00 bits per heavy atom. The molecule has 0 spiro atoms. The highest BCUT2D eigenvalue weighted by Gasteiger charge is 1.87. The van der Waals surface area contributed by atoms with Crippen molar-refractivity contribution in [3.63, 3.8) is 0 Å². The van der Waals surface area contributed by atoms with Gasteiger partial charge < -0.3 is 10.4 Å². The van der Waals surface area contributed by atoms with Gasteiger partial charge in [-0.05, 0) is 13.0 Å². The molecule has 0 aromatic carbocycles. The summed E-state index contributed by atoms with van der Waals surface area (Å²) in [7, 11) is 0. The number of unbranched alkanes of at least 4 members (excludes halogenated alkanes) is 4. The lowest BCUT2D eigenvalue weighted by molar-refractivity contribution is 0.292. The summed E-state index contributed by atoms with van der Waals surface area (Å²) >= 11 is 0. The van der Waals surface area contributed by atoms with E-state index in [1.54, 1.807) is 0 Å². The summed E-state index contributed by atoms with van der Waals surface area (Å²) in [5, 5.41) is 11.6. The van der Waals surface area contributed by atoms with E-state index in [9.17, 15) is 0 Å². The second-order valence-corrected chi connectivity index (χ2v) is 2.74. The lowest BCUT2D eigenvalue weighted by Gasteiger charge is -2.01. The van der Waals surface area contributed by atoms with Crippen LogP contribution in [0, 0.1) is 6.92 Å². The summed E-state index contributed by atoms with van der Waals surface area (Å²) in [6.07, 6.45) is 6.11. The number of hydrogen-bond acceptors (Lipinski definition) is 2. The number of aliphatic hydroxyl groups excluding tert-OH is 1. The molecule has 11 heavy (non-hydrogen) atoms. The fourth-order valence-corrected chi connectivity index (χ4v) is 0.984. The molecule has 0 fully saturated rings. The summed E-state index contributed by atoms with van der Waals surface area (Å²) in [5.41, 5.74) is 0. The lowest BCUT2D eigenvalue weighted by Crippen LogP contribution is -2.19. The van der Waals surface area contributed by atoms with Gasteiger partial charge in [-0.3, -0.25) is 0 Å². The summed E-state index contributed by atoms with van der Waals surface area (Å²) in [5.74, 6) is 0. The van der Waals surface area contributed by atoms with Crippen molar-refractivity contribution in [1.82, 2.24) is 5.32 Å². The lowest BCUT2D eigenvalue weighted by atomic mass is 10.1. The third kappa shape index (κ3) is 9.92. The van der Waals surface area contributed by atoms with Gasteiger partial charge in [0.2, 0.25) is 0 Å². The normalized spacial score (nSPS) is 10.4. The van der Waals surface area contributed by atoms with Crippen LogP contribution in [0.4, 0.5) is 0 Å². The fraction of sp³-hybridized carbons (Fsp3) is 0.889. The van der Waals surface area contributed by atoms with Gasteiger partial charge in [0, 0.05) is 6.54 Å². The Bertz CT molecular complexity index is 58.6. The molecular formula is C9H20NO. The predicted octanol–water partition coefficient (Wildman–Crippen LogP) is 1.35. The van der Waals surface area contributed by atoms with Crippen LogP contribution in [0.2, 0.25) is 0 Å². The Balaban J connectivity index is 2.69. The molecule has 0 aliphatic carbocycles. The van der Waals surface area contributed by atoms with Crippen molar-refractivity contribution in [2.75, 3.05) is 19.7 Å². The Kier molecular flexibility index (Phi) is 9.85. The molecule has 0 heterocycles. The first kappa shape index (κ1) is 10.9. The number of nitrogens with one attached hydrogen (secondary N) is 1. The minimum Gasteiger partial charge on any atom is -0.395 e. The first-order chi connectivity index (χ1) is 5.41. The van der Waals surface area contributed by atoms with Gasteiger partial charge in [-0.25, -0.2) is 0 Å². The minimum atomic E-state index is 0.249. The second-order valence-electron chi connectivity index (χ2n) is 2.74. The molecule has 0 saturated heterocycles. The summed E-state index contributed by atoms with van der Waals surface area (Å²) in [4.78, 5) is 0. The van der Waals surface area contributed by atoms with E-state index >= 15 is 0 Å². The van der Waals surface area contributed by atoms with Crippen molar-refractivity contribution in [3.05, 3.63) is 6.92 Å². The highest BCUT2D eigenvalue weighted by molar-refractivity contribution is 4.49. The summed E-state index contributed by atoms with van der Waals surface area (Å²) in [6.45, 7) is 5.80. The van der Waals surface area contributed by atoms with E-state index in [1.165, 1.54) is 25.7 Å². The average molecular weight is 158 g/mol. The molecule has 0 amide bonds. The Hall–Kier alpha value is -0.0800. The van der Waals surface area contributed by atoms with Gasteiger partial charge in [0.05, 0.1) is 6.61 Å². The van der Waals surface area contributed by atoms with Gasteiger partial charge in [-0.1, -0.05) is 32.6 Å². The highest BCUT2D eigenvalue weighted by atomic mass is 16.3. The summed E-state index contributed by atoms with van der Waals surface area (Å²) in [6, 6.07) is 0. The van der Waals surface area contributed by atoms with Gasteiger partial charge in [0.1, 0.15) is 0 Å². The fourth-order valence-electron chi connectivity index (χ4n) is 0.984. The van der Waals surface area contributed by atoms with Crippen molar-refractivity contribution >= 4 is 0 Å². The maximum atomic E-state index is 8.44. The smallest absolute Gasteiger partial charge is 0.0555 e. The van der Waals surface area contributed by atoms with Crippen LogP contribution in [0.3, 0.4) is 0 Å². The third-order valence-corrected chi connectivity index (χ3v) is 1.64. The van der Waals surface area contributed by atoms with E-state index in [0.29, 0.717) is 0 Å². The van der Waals surface area contributed by atoms with Crippen LogP contribution >= 0.6 is 0 Å². The molecular weight excluding hydrogens is 138 g/mol. The molecule has 0 saturated carbocycles. The molecule has 0 aromatic rings. The van der Waals surface area contributed by atoms with Crippen molar-refractivity contribution in [1.29, 1.82) is 0 Å². The molecule has 0 bridgehead atoms. The van der Waals surface area contributed by atoms with E-state index in [4.69, 9.17) is 5.11 Å². The monoisotopic (exact) mass is 158 g/mol. The first-order valence-corrected chi connectivity index (χ1v) is 4.52. The van der Waals surface area contributed by atoms with E-state index in [1.807, 2.05) is 0 Å². The topological polar surface area (TPSA) is 32.3 Å². The molecule has 0 atom stereocenters. The Labute approximate surface area is 70.0 Å². The van der Waals surface area contributed by atoms with Crippen LogP contribution in [0.25, 0.3) is 0 Å². The molecule has 0 aromatic heterocycles. The van der Waals surface area contributed by atoms with E-state index in [-0.39, 0.29) is 6.61 Å². The van der Waals surface area contributed by atoms with Crippen LogP contribution in [-0.4, -0.2) is 24.8 Å². The zero-order valence-corrected chi connectivity index (χ0v) is 7.31. The molecule has 2 heteroatoms. The van der Waals surface area contributed by atoms with E-state index in [0.717, 1.165) is 19.5 Å². The second kappa shape index (κ2) is 9.92. The van der Waals surface area contributed by atoms with Crippen molar-refractivity contribution in [3.8, 4) is 0 Å². The number of rotatable bonds is 8. The summed E-state index contributed by atoms with van der Waals surface area (Å²) < 4.78 is 0.